The third kappa shape index (κ3) is 4.99. The number of hydrogen-bond donors (Lipinski definition) is 2. The summed E-state index contributed by atoms with van der Waals surface area (Å²) in [7, 11) is 0. The summed E-state index contributed by atoms with van der Waals surface area (Å²) in [5.41, 5.74) is -0.329. The number of rotatable bonds is 2. The summed E-state index contributed by atoms with van der Waals surface area (Å²) in [5.74, 6) is 0.562. The van der Waals surface area contributed by atoms with Gasteiger partial charge in [0.15, 0.2) is 0 Å². The first-order valence-electron chi connectivity index (χ1n) is 8.21. The molecule has 5 heteroatoms. The minimum absolute atomic E-state index is 0.192. The summed E-state index contributed by atoms with van der Waals surface area (Å²) < 4.78 is 0. The second kappa shape index (κ2) is 6.77. The number of carbonyl (C=O) groups excluding carboxylic acids is 2. The van der Waals surface area contributed by atoms with Crippen LogP contribution in [-0.2, 0) is 4.79 Å². The van der Waals surface area contributed by atoms with Gasteiger partial charge < -0.3 is 5.32 Å². The van der Waals surface area contributed by atoms with Crippen LogP contribution in [0, 0.1) is 5.92 Å². The van der Waals surface area contributed by atoms with E-state index in [1.165, 1.54) is 38.5 Å². The van der Waals surface area contributed by atoms with E-state index in [1.54, 1.807) is 0 Å². The zero-order valence-corrected chi connectivity index (χ0v) is 13.6. The maximum absolute atomic E-state index is 12.1. The molecule has 0 spiro atoms. The molecule has 0 radical (unpaired) electrons. The number of piperidine rings is 1. The van der Waals surface area contributed by atoms with Crippen molar-refractivity contribution in [3.05, 3.63) is 0 Å². The number of hydrogen-bond acceptors (Lipinski definition) is 3. The highest BCUT2D eigenvalue weighted by Gasteiger charge is 2.34. The molecule has 1 aliphatic carbocycles. The van der Waals surface area contributed by atoms with Gasteiger partial charge >= 0.3 is 6.03 Å². The summed E-state index contributed by atoms with van der Waals surface area (Å²) in [4.78, 5) is 26.1. The highest BCUT2D eigenvalue weighted by molar-refractivity contribution is 5.95. The molecule has 0 unspecified atom stereocenters. The lowest BCUT2D eigenvalue weighted by Gasteiger charge is -2.43. The number of imide groups is 1. The van der Waals surface area contributed by atoms with Gasteiger partial charge in [-0.25, -0.2) is 4.79 Å². The van der Waals surface area contributed by atoms with Gasteiger partial charge in [-0.05, 0) is 58.9 Å². The average molecular weight is 295 g/mol. The largest absolute Gasteiger partial charge is 0.333 e. The molecule has 1 saturated carbocycles. The molecule has 2 N–H and O–H groups in total. The zero-order chi connectivity index (χ0) is 15.5. The molecule has 2 rings (SSSR count). The monoisotopic (exact) mass is 295 g/mol. The van der Waals surface area contributed by atoms with Gasteiger partial charge in [-0.15, -0.1) is 0 Å². The van der Waals surface area contributed by atoms with Gasteiger partial charge in [-0.1, -0.05) is 12.8 Å². The van der Waals surface area contributed by atoms with Crippen molar-refractivity contribution in [3.8, 4) is 0 Å². The standard InChI is InChI=1S/C16H29N3O2/c1-16(2,3)18-15(21)17-14(20)11-19-10-6-8-12-7-4-5-9-13(12)19/h12-13H,4-11H2,1-3H3,(H2,17,18,20,21)/t12-,13-/m0/s1. The van der Waals surface area contributed by atoms with Crippen molar-refractivity contribution < 1.29 is 9.59 Å². The Morgan fingerprint density at radius 1 is 1.10 bits per heavy atom. The number of urea groups is 1. The highest BCUT2D eigenvalue weighted by atomic mass is 16.2. The van der Waals surface area contributed by atoms with Crippen LogP contribution < -0.4 is 10.6 Å². The summed E-state index contributed by atoms with van der Waals surface area (Å²) >= 11 is 0. The number of carbonyl (C=O) groups is 2. The second-order valence-corrected chi connectivity index (χ2v) is 7.48. The van der Waals surface area contributed by atoms with Crippen molar-refractivity contribution in [1.82, 2.24) is 15.5 Å². The first kappa shape index (κ1) is 16.3. The van der Waals surface area contributed by atoms with Crippen molar-refractivity contribution >= 4 is 11.9 Å². The van der Waals surface area contributed by atoms with E-state index in [9.17, 15) is 9.59 Å². The maximum atomic E-state index is 12.1. The van der Waals surface area contributed by atoms with Crippen molar-refractivity contribution in [1.29, 1.82) is 0 Å². The Morgan fingerprint density at radius 3 is 2.48 bits per heavy atom. The number of fused-ring (bicyclic) bond motifs is 1. The number of amides is 3. The van der Waals surface area contributed by atoms with Gasteiger partial charge in [0.25, 0.3) is 0 Å². The summed E-state index contributed by atoms with van der Waals surface area (Å²) in [6.45, 7) is 7.02. The van der Waals surface area contributed by atoms with E-state index in [2.05, 4.69) is 15.5 Å². The quantitative estimate of drug-likeness (QED) is 0.821. The molecule has 0 aromatic carbocycles. The van der Waals surface area contributed by atoms with E-state index in [1.807, 2.05) is 20.8 Å². The number of likely N-dealkylation sites (tertiary alicyclic amines) is 1. The smallest absolute Gasteiger partial charge is 0.321 e. The lowest BCUT2D eigenvalue weighted by molar-refractivity contribution is -0.122. The molecule has 1 aliphatic heterocycles. The van der Waals surface area contributed by atoms with E-state index in [-0.39, 0.29) is 11.4 Å². The SMILES string of the molecule is CC(C)(C)NC(=O)NC(=O)CN1CCC[C@@H]2CCCC[C@@H]21. The van der Waals surface area contributed by atoms with Crippen LogP contribution in [0.25, 0.3) is 0 Å². The van der Waals surface area contributed by atoms with Crippen molar-refractivity contribution in [2.24, 2.45) is 5.92 Å². The highest BCUT2D eigenvalue weighted by Crippen LogP contribution is 2.34. The Bertz CT molecular complexity index is 387. The van der Waals surface area contributed by atoms with Crippen molar-refractivity contribution in [2.75, 3.05) is 13.1 Å². The van der Waals surface area contributed by atoms with Crippen LogP contribution in [0.5, 0.6) is 0 Å². The minimum atomic E-state index is -0.398. The fraction of sp³-hybridized carbons (Fsp3) is 0.875. The van der Waals surface area contributed by atoms with Gasteiger partial charge in [-0.2, -0.15) is 0 Å². The summed E-state index contributed by atoms with van der Waals surface area (Å²) in [6, 6.07) is 0.147. The fourth-order valence-electron chi connectivity index (χ4n) is 3.65. The third-order valence-corrected chi connectivity index (χ3v) is 4.45. The first-order valence-corrected chi connectivity index (χ1v) is 8.21. The van der Waals surface area contributed by atoms with E-state index in [0.717, 1.165) is 12.5 Å². The normalized spacial score (nSPS) is 26.8. The zero-order valence-electron chi connectivity index (χ0n) is 13.6. The molecule has 21 heavy (non-hydrogen) atoms. The van der Waals surface area contributed by atoms with Crippen LogP contribution in [-0.4, -0.2) is 41.5 Å². The van der Waals surface area contributed by atoms with Crippen LogP contribution in [0.2, 0.25) is 0 Å². The molecule has 2 fully saturated rings. The minimum Gasteiger partial charge on any atom is -0.333 e. The molecule has 2 atom stereocenters. The third-order valence-electron chi connectivity index (χ3n) is 4.45. The Morgan fingerprint density at radius 2 is 1.76 bits per heavy atom. The van der Waals surface area contributed by atoms with Crippen molar-refractivity contribution in [2.45, 2.75) is 70.9 Å². The van der Waals surface area contributed by atoms with Gasteiger partial charge in [0, 0.05) is 11.6 Å². The Kier molecular flexibility index (Phi) is 5.25. The molecule has 5 nitrogen and oxygen atoms in total. The fourth-order valence-corrected chi connectivity index (χ4v) is 3.65. The molecule has 2 aliphatic rings. The molecular formula is C16H29N3O2. The predicted molar refractivity (Wildman–Crippen MR) is 83.0 cm³/mol. The lowest BCUT2D eigenvalue weighted by atomic mass is 9.78. The van der Waals surface area contributed by atoms with Crippen LogP contribution in [0.3, 0.4) is 0 Å². The topological polar surface area (TPSA) is 61.4 Å². The maximum Gasteiger partial charge on any atom is 0.321 e. The second-order valence-electron chi connectivity index (χ2n) is 7.48. The molecular weight excluding hydrogens is 266 g/mol. The summed E-state index contributed by atoms with van der Waals surface area (Å²) in [6.07, 6.45) is 7.56. The van der Waals surface area contributed by atoms with Crippen LogP contribution in [0.15, 0.2) is 0 Å². The summed E-state index contributed by atoms with van der Waals surface area (Å²) in [5, 5.41) is 5.20. The first-order chi connectivity index (χ1) is 9.85. The molecule has 0 aromatic rings. The van der Waals surface area contributed by atoms with Crippen LogP contribution in [0.1, 0.15) is 59.3 Å². The van der Waals surface area contributed by atoms with E-state index in [0.29, 0.717) is 12.6 Å². The van der Waals surface area contributed by atoms with Crippen LogP contribution in [0.4, 0.5) is 4.79 Å². The van der Waals surface area contributed by atoms with Crippen molar-refractivity contribution in [3.63, 3.8) is 0 Å². The molecule has 1 saturated heterocycles. The van der Waals surface area contributed by atoms with E-state index in [4.69, 9.17) is 0 Å². The molecule has 0 aromatic heterocycles. The average Bonchev–Trinajstić information content (AvgIpc) is 2.36. The molecule has 0 bridgehead atoms. The Balaban J connectivity index is 1.82. The van der Waals surface area contributed by atoms with E-state index < -0.39 is 6.03 Å². The van der Waals surface area contributed by atoms with Gasteiger partial charge in [0.05, 0.1) is 6.54 Å². The lowest BCUT2D eigenvalue weighted by Crippen LogP contribution is -2.53. The predicted octanol–water partition coefficient (Wildman–Crippen LogP) is 2.27. The Hall–Kier alpha value is -1.10. The van der Waals surface area contributed by atoms with Gasteiger partial charge in [0.1, 0.15) is 0 Å². The van der Waals surface area contributed by atoms with Gasteiger partial charge in [0.2, 0.25) is 5.91 Å². The molecule has 120 valence electrons. The molecule has 1 heterocycles. The Labute approximate surface area is 127 Å². The number of nitrogens with one attached hydrogen (secondary N) is 2. The van der Waals surface area contributed by atoms with E-state index >= 15 is 0 Å². The van der Waals surface area contributed by atoms with Gasteiger partial charge in [-0.3, -0.25) is 15.0 Å². The van der Waals surface area contributed by atoms with Crippen LogP contribution >= 0.6 is 0 Å². The number of nitrogens with zero attached hydrogens (tertiary/aromatic N) is 1. The molecule has 3 amide bonds.